The van der Waals surface area contributed by atoms with Crippen LogP contribution in [-0.2, 0) is 6.61 Å². The molecule has 0 bridgehead atoms. The SMILES string of the molecule is Cc1cc(F)ccc1-c1cnc2nc(COc3cccnc3)cn2c1. The molecule has 3 heterocycles. The first-order chi connectivity index (χ1) is 12.2. The fourth-order valence-corrected chi connectivity index (χ4v) is 2.68. The van der Waals surface area contributed by atoms with E-state index in [1.54, 1.807) is 24.7 Å². The van der Waals surface area contributed by atoms with E-state index in [4.69, 9.17) is 4.74 Å². The van der Waals surface area contributed by atoms with Crippen molar-refractivity contribution in [3.63, 3.8) is 0 Å². The van der Waals surface area contributed by atoms with Gasteiger partial charge in [-0.05, 0) is 42.3 Å². The summed E-state index contributed by atoms with van der Waals surface area (Å²) in [5, 5.41) is 0. The van der Waals surface area contributed by atoms with Gasteiger partial charge in [0.15, 0.2) is 0 Å². The number of fused-ring (bicyclic) bond motifs is 1. The van der Waals surface area contributed by atoms with E-state index < -0.39 is 0 Å². The van der Waals surface area contributed by atoms with E-state index in [1.165, 1.54) is 12.1 Å². The summed E-state index contributed by atoms with van der Waals surface area (Å²) in [4.78, 5) is 12.8. The topological polar surface area (TPSA) is 52.3 Å². The molecule has 0 saturated heterocycles. The maximum Gasteiger partial charge on any atom is 0.234 e. The van der Waals surface area contributed by atoms with E-state index >= 15 is 0 Å². The molecule has 5 nitrogen and oxygen atoms in total. The predicted molar refractivity (Wildman–Crippen MR) is 91.7 cm³/mol. The number of pyridine rings is 1. The van der Waals surface area contributed by atoms with E-state index in [2.05, 4.69) is 15.0 Å². The molecular formula is C19H15FN4O. The Morgan fingerprint density at radius 3 is 2.88 bits per heavy atom. The molecule has 0 aliphatic rings. The van der Waals surface area contributed by atoms with Crippen LogP contribution in [0.1, 0.15) is 11.3 Å². The molecule has 0 aliphatic heterocycles. The maximum absolute atomic E-state index is 13.3. The van der Waals surface area contributed by atoms with Crippen molar-refractivity contribution < 1.29 is 9.13 Å². The van der Waals surface area contributed by atoms with Crippen LogP contribution in [0, 0.1) is 12.7 Å². The number of hydrogen-bond acceptors (Lipinski definition) is 4. The van der Waals surface area contributed by atoms with Crippen molar-refractivity contribution >= 4 is 5.78 Å². The van der Waals surface area contributed by atoms with Crippen LogP contribution in [0.4, 0.5) is 4.39 Å². The fraction of sp³-hybridized carbons (Fsp3) is 0.105. The second kappa shape index (κ2) is 6.32. The molecule has 6 heteroatoms. The molecular weight excluding hydrogens is 319 g/mol. The lowest BCUT2D eigenvalue weighted by Crippen LogP contribution is -1.95. The number of hydrogen-bond donors (Lipinski definition) is 0. The zero-order valence-electron chi connectivity index (χ0n) is 13.6. The van der Waals surface area contributed by atoms with Crippen LogP contribution in [0.15, 0.2) is 61.3 Å². The number of imidazole rings is 1. The maximum atomic E-state index is 13.3. The number of benzene rings is 1. The van der Waals surface area contributed by atoms with Crippen molar-refractivity contribution in [3.05, 3.63) is 78.4 Å². The van der Waals surface area contributed by atoms with Crippen molar-refractivity contribution in [1.82, 2.24) is 19.4 Å². The highest BCUT2D eigenvalue weighted by molar-refractivity contribution is 5.66. The molecule has 0 unspecified atom stereocenters. The average molecular weight is 334 g/mol. The summed E-state index contributed by atoms with van der Waals surface area (Å²) in [6.07, 6.45) is 8.91. The third-order valence-electron chi connectivity index (χ3n) is 3.88. The van der Waals surface area contributed by atoms with Gasteiger partial charge in [-0.15, -0.1) is 0 Å². The third kappa shape index (κ3) is 3.19. The molecule has 0 radical (unpaired) electrons. The molecule has 0 amide bonds. The lowest BCUT2D eigenvalue weighted by molar-refractivity contribution is 0.301. The van der Waals surface area contributed by atoms with Crippen molar-refractivity contribution in [2.24, 2.45) is 0 Å². The minimum absolute atomic E-state index is 0.243. The Balaban J connectivity index is 1.61. The number of ether oxygens (including phenoxy) is 1. The van der Waals surface area contributed by atoms with E-state index in [0.29, 0.717) is 18.1 Å². The van der Waals surface area contributed by atoms with Gasteiger partial charge in [0.2, 0.25) is 5.78 Å². The largest absolute Gasteiger partial charge is 0.486 e. The van der Waals surface area contributed by atoms with Crippen LogP contribution in [0.2, 0.25) is 0 Å². The Hall–Kier alpha value is -3.28. The molecule has 4 aromatic rings. The lowest BCUT2D eigenvalue weighted by Gasteiger charge is -2.06. The quantitative estimate of drug-likeness (QED) is 0.569. The smallest absolute Gasteiger partial charge is 0.234 e. The molecule has 4 rings (SSSR count). The van der Waals surface area contributed by atoms with Crippen LogP contribution < -0.4 is 4.74 Å². The van der Waals surface area contributed by atoms with Gasteiger partial charge >= 0.3 is 0 Å². The zero-order valence-corrected chi connectivity index (χ0v) is 13.6. The van der Waals surface area contributed by atoms with Crippen LogP contribution in [-0.4, -0.2) is 19.4 Å². The minimum Gasteiger partial charge on any atom is -0.486 e. The van der Waals surface area contributed by atoms with Gasteiger partial charge in [-0.25, -0.2) is 14.4 Å². The minimum atomic E-state index is -0.243. The van der Waals surface area contributed by atoms with Crippen LogP contribution >= 0.6 is 0 Å². The molecule has 3 aromatic heterocycles. The van der Waals surface area contributed by atoms with Gasteiger partial charge in [-0.3, -0.25) is 9.38 Å². The first-order valence-corrected chi connectivity index (χ1v) is 7.82. The first-order valence-electron chi connectivity index (χ1n) is 7.82. The summed E-state index contributed by atoms with van der Waals surface area (Å²) in [5.41, 5.74) is 3.48. The van der Waals surface area contributed by atoms with Crippen LogP contribution in [0.3, 0.4) is 0 Å². The molecule has 1 aromatic carbocycles. The summed E-state index contributed by atoms with van der Waals surface area (Å²) in [7, 11) is 0. The highest BCUT2D eigenvalue weighted by Gasteiger charge is 2.08. The van der Waals surface area contributed by atoms with E-state index in [0.717, 1.165) is 22.4 Å². The molecule has 0 spiro atoms. The molecule has 0 saturated carbocycles. The predicted octanol–water partition coefficient (Wildman–Crippen LogP) is 3.82. The number of halogens is 1. The molecule has 25 heavy (non-hydrogen) atoms. The van der Waals surface area contributed by atoms with Gasteiger partial charge in [-0.2, -0.15) is 0 Å². The highest BCUT2D eigenvalue weighted by Crippen LogP contribution is 2.23. The Bertz CT molecular complexity index is 1030. The van der Waals surface area contributed by atoms with Gasteiger partial charge in [-0.1, -0.05) is 6.07 Å². The van der Waals surface area contributed by atoms with Gasteiger partial charge in [0.05, 0.1) is 11.9 Å². The van der Waals surface area contributed by atoms with Crippen molar-refractivity contribution in [2.75, 3.05) is 0 Å². The standard InChI is InChI=1S/C19H15FN4O/c1-13-7-15(20)4-5-18(13)14-8-22-19-23-16(11-24(19)10-14)12-25-17-3-2-6-21-9-17/h2-11H,12H2,1H3. The summed E-state index contributed by atoms with van der Waals surface area (Å²) in [6.45, 7) is 2.21. The Morgan fingerprint density at radius 2 is 2.08 bits per heavy atom. The van der Waals surface area contributed by atoms with Gasteiger partial charge in [0, 0.05) is 30.4 Å². The number of aryl methyl sites for hydroxylation is 1. The van der Waals surface area contributed by atoms with E-state index in [1.807, 2.05) is 35.9 Å². The highest BCUT2D eigenvalue weighted by atomic mass is 19.1. The second-order valence-electron chi connectivity index (χ2n) is 5.72. The summed E-state index contributed by atoms with van der Waals surface area (Å²) in [5.74, 6) is 1.04. The lowest BCUT2D eigenvalue weighted by atomic mass is 10.0. The Kier molecular flexibility index (Phi) is 3.85. The van der Waals surface area contributed by atoms with E-state index in [9.17, 15) is 4.39 Å². The number of nitrogens with zero attached hydrogens (tertiary/aromatic N) is 4. The Labute approximate surface area is 143 Å². The van der Waals surface area contributed by atoms with Gasteiger partial charge in [0.25, 0.3) is 0 Å². The second-order valence-corrected chi connectivity index (χ2v) is 5.72. The van der Waals surface area contributed by atoms with Gasteiger partial charge in [0.1, 0.15) is 18.2 Å². The molecule has 0 atom stereocenters. The molecule has 0 aliphatic carbocycles. The summed E-state index contributed by atoms with van der Waals surface area (Å²) >= 11 is 0. The first kappa shape index (κ1) is 15.3. The Morgan fingerprint density at radius 1 is 1.16 bits per heavy atom. The average Bonchev–Trinajstić information content (AvgIpc) is 3.03. The van der Waals surface area contributed by atoms with E-state index in [-0.39, 0.29) is 5.82 Å². The molecule has 0 fully saturated rings. The van der Waals surface area contributed by atoms with Crippen molar-refractivity contribution in [2.45, 2.75) is 13.5 Å². The number of aromatic nitrogens is 4. The molecule has 0 N–H and O–H groups in total. The number of rotatable bonds is 4. The van der Waals surface area contributed by atoms with Gasteiger partial charge < -0.3 is 4.74 Å². The summed E-state index contributed by atoms with van der Waals surface area (Å²) in [6, 6.07) is 8.39. The normalized spacial score (nSPS) is 11.0. The van der Waals surface area contributed by atoms with Crippen LogP contribution in [0.5, 0.6) is 5.75 Å². The molecule has 124 valence electrons. The van der Waals surface area contributed by atoms with Crippen molar-refractivity contribution in [3.8, 4) is 16.9 Å². The monoisotopic (exact) mass is 334 g/mol. The van der Waals surface area contributed by atoms with Crippen molar-refractivity contribution in [1.29, 1.82) is 0 Å². The van der Waals surface area contributed by atoms with Crippen LogP contribution in [0.25, 0.3) is 16.9 Å². The summed E-state index contributed by atoms with van der Waals surface area (Å²) < 4.78 is 20.8. The fourth-order valence-electron chi connectivity index (χ4n) is 2.68. The zero-order chi connectivity index (χ0) is 17.2. The third-order valence-corrected chi connectivity index (χ3v) is 3.88.